The van der Waals surface area contributed by atoms with Crippen LogP contribution in [0, 0.1) is 0 Å². The summed E-state index contributed by atoms with van der Waals surface area (Å²) in [7, 11) is 0. The van der Waals surface area contributed by atoms with Gasteiger partial charge in [0.15, 0.2) is 6.10 Å². The smallest absolute Gasteiger partial charge is 0.338 e. The van der Waals surface area contributed by atoms with Crippen LogP contribution in [0.3, 0.4) is 0 Å². The normalized spacial score (nSPS) is 14.3. The van der Waals surface area contributed by atoms with Crippen LogP contribution in [0.25, 0.3) is 0 Å². The summed E-state index contributed by atoms with van der Waals surface area (Å²) in [4.78, 5) is 37.1. The molecule has 0 bridgehead atoms. The molecule has 0 unspecified atom stereocenters. The summed E-state index contributed by atoms with van der Waals surface area (Å²) in [6, 6.07) is 14.5. The number of hydrogen-bond acceptors (Lipinski definition) is 5. The minimum atomic E-state index is -0.927. The second-order valence-electron chi connectivity index (χ2n) is 6.11. The van der Waals surface area contributed by atoms with Gasteiger partial charge >= 0.3 is 5.97 Å². The molecule has 0 radical (unpaired) electrons. The number of anilines is 1. The van der Waals surface area contributed by atoms with Crippen LogP contribution in [0.1, 0.15) is 29.3 Å². The average molecular weight is 384 g/mol. The number of ether oxygens (including phenoxy) is 1. The van der Waals surface area contributed by atoms with Crippen LogP contribution >= 0.6 is 11.8 Å². The molecule has 2 aromatic carbocycles. The third kappa shape index (κ3) is 5.10. The average Bonchev–Trinajstić information content (AvgIpc) is 2.86. The van der Waals surface area contributed by atoms with Crippen molar-refractivity contribution in [2.24, 2.45) is 0 Å². The Morgan fingerprint density at radius 2 is 2.00 bits per heavy atom. The molecular weight excluding hydrogens is 364 g/mol. The van der Waals surface area contributed by atoms with Crippen molar-refractivity contribution in [3.63, 3.8) is 0 Å². The minimum Gasteiger partial charge on any atom is -0.449 e. The van der Waals surface area contributed by atoms with Crippen molar-refractivity contribution in [3.05, 3.63) is 59.7 Å². The third-order valence-corrected chi connectivity index (χ3v) is 5.11. The van der Waals surface area contributed by atoms with E-state index < -0.39 is 12.1 Å². The Morgan fingerprint density at radius 3 is 2.78 bits per heavy atom. The lowest BCUT2D eigenvalue weighted by Gasteiger charge is -2.14. The van der Waals surface area contributed by atoms with Gasteiger partial charge in [0.25, 0.3) is 5.91 Å². The summed E-state index contributed by atoms with van der Waals surface area (Å²) in [6.45, 7) is 1.89. The zero-order valence-corrected chi connectivity index (χ0v) is 15.7. The van der Waals surface area contributed by atoms with E-state index in [4.69, 9.17) is 4.74 Å². The SMILES string of the molecule is C[C@@H](OC(=O)c1ccc2c(c1)NC(=O)CCS2)C(=O)NCc1ccccc1. The van der Waals surface area contributed by atoms with E-state index in [1.807, 2.05) is 30.3 Å². The van der Waals surface area contributed by atoms with E-state index in [1.165, 1.54) is 6.92 Å². The Bertz CT molecular complexity index is 854. The Hall–Kier alpha value is -2.80. The fourth-order valence-electron chi connectivity index (χ4n) is 2.56. The van der Waals surface area contributed by atoms with Crippen molar-refractivity contribution >= 4 is 35.2 Å². The van der Waals surface area contributed by atoms with Crippen molar-refractivity contribution in [2.75, 3.05) is 11.1 Å². The van der Waals surface area contributed by atoms with Gasteiger partial charge in [0.1, 0.15) is 0 Å². The van der Waals surface area contributed by atoms with Crippen molar-refractivity contribution in [1.82, 2.24) is 5.32 Å². The van der Waals surface area contributed by atoms with E-state index in [2.05, 4.69) is 10.6 Å². The first-order valence-electron chi connectivity index (χ1n) is 8.62. The standard InChI is InChI=1S/C20H20N2O4S/c1-13(19(24)21-12-14-5-3-2-4-6-14)26-20(25)15-7-8-17-16(11-15)22-18(23)9-10-27-17/h2-8,11,13H,9-10,12H2,1H3,(H,21,24)(H,22,23)/t13-/m1/s1. The Labute approximate surface area is 161 Å². The fourth-order valence-corrected chi connectivity index (χ4v) is 3.49. The van der Waals surface area contributed by atoms with Crippen molar-refractivity contribution in [2.45, 2.75) is 30.9 Å². The van der Waals surface area contributed by atoms with Crippen molar-refractivity contribution in [1.29, 1.82) is 0 Å². The van der Waals surface area contributed by atoms with E-state index in [1.54, 1.807) is 30.0 Å². The highest BCUT2D eigenvalue weighted by atomic mass is 32.2. The van der Waals surface area contributed by atoms with E-state index in [0.717, 1.165) is 10.5 Å². The minimum absolute atomic E-state index is 0.0829. The summed E-state index contributed by atoms with van der Waals surface area (Å²) in [6.07, 6.45) is -0.499. The molecule has 6 nitrogen and oxygen atoms in total. The number of thioether (sulfide) groups is 1. The molecule has 1 aliphatic heterocycles. The van der Waals surface area contributed by atoms with Gasteiger partial charge in [-0.3, -0.25) is 9.59 Å². The van der Waals surface area contributed by atoms with E-state index in [-0.39, 0.29) is 11.8 Å². The van der Waals surface area contributed by atoms with Crippen LogP contribution in [0.5, 0.6) is 0 Å². The maximum Gasteiger partial charge on any atom is 0.338 e. The number of nitrogens with one attached hydrogen (secondary N) is 2. The molecule has 1 heterocycles. The molecule has 0 spiro atoms. The number of carbonyl (C=O) groups excluding carboxylic acids is 3. The van der Waals surface area contributed by atoms with Gasteiger partial charge in [-0.1, -0.05) is 30.3 Å². The number of benzene rings is 2. The number of amides is 2. The highest BCUT2D eigenvalue weighted by Gasteiger charge is 2.21. The Kier molecular flexibility index (Phi) is 6.13. The van der Waals surface area contributed by atoms with Gasteiger partial charge in [-0.15, -0.1) is 11.8 Å². The molecule has 0 saturated carbocycles. The predicted molar refractivity (Wildman–Crippen MR) is 104 cm³/mol. The van der Waals surface area contributed by atoms with Crippen LogP contribution < -0.4 is 10.6 Å². The monoisotopic (exact) mass is 384 g/mol. The van der Waals surface area contributed by atoms with Crippen LogP contribution in [0.2, 0.25) is 0 Å². The first kappa shape index (κ1) is 19.0. The number of carbonyl (C=O) groups is 3. The second kappa shape index (κ2) is 8.73. The molecule has 2 N–H and O–H groups in total. The number of esters is 1. The molecule has 2 aromatic rings. The highest BCUT2D eigenvalue weighted by molar-refractivity contribution is 7.99. The van der Waals surface area contributed by atoms with Gasteiger partial charge in [0.05, 0.1) is 11.3 Å². The second-order valence-corrected chi connectivity index (χ2v) is 7.25. The Morgan fingerprint density at radius 1 is 1.22 bits per heavy atom. The number of hydrogen-bond donors (Lipinski definition) is 2. The summed E-state index contributed by atoms with van der Waals surface area (Å²) < 4.78 is 5.27. The molecule has 0 aromatic heterocycles. The summed E-state index contributed by atoms with van der Waals surface area (Å²) >= 11 is 1.56. The van der Waals surface area contributed by atoms with Gasteiger partial charge in [-0.05, 0) is 30.7 Å². The lowest BCUT2D eigenvalue weighted by atomic mass is 10.2. The van der Waals surface area contributed by atoms with Crippen molar-refractivity contribution in [3.8, 4) is 0 Å². The topological polar surface area (TPSA) is 84.5 Å². The summed E-state index contributed by atoms with van der Waals surface area (Å²) in [5.41, 5.74) is 1.85. The molecule has 2 amide bonds. The fraction of sp³-hybridized carbons (Fsp3) is 0.250. The van der Waals surface area contributed by atoms with Crippen LogP contribution in [0.15, 0.2) is 53.4 Å². The van der Waals surface area contributed by atoms with Crippen LogP contribution in [-0.4, -0.2) is 29.6 Å². The molecular formula is C20H20N2O4S. The van der Waals surface area contributed by atoms with E-state index >= 15 is 0 Å². The van der Waals surface area contributed by atoms with Gasteiger partial charge < -0.3 is 15.4 Å². The third-order valence-electron chi connectivity index (χ3n) is 4.04. The van der Waals surface area contributed by atoms with Crippen LogP contribution in [0.4, 0.5) is 5.69 Å². The first-order chi connectivity index (χ1) is 13.0. The largest absolute Gasteiger partial charge is 0.449 e. The maximum absolute atomic E-state index is 12.4. The van der Waals surface area contributed by atoms with Gasteiger partial charge in [0, 0.05) is 23.6 Å². The Balaban J connectivity index is 1.59. The lowest BCUT2D eigenvalue weighted by molar-refractivity contribution is -0.129. The van der Waals surface area contributed by atoms with Gasteiger partial charge in [-0.25, -0.2) is 4.79 Å². The molecule has 0 saturated heterocycles. The molecule has 1 aliphatic rings. The molecule has 0 aliphatic carbocycles. The predicted octanol–water partition coefficient (Wildman–Crippen LogP) is 2.98. The number of rotatable bonds is 5. The van der Waals surface area contributed by atoms with Gasteiger partial charge in [0.2, 0.25) is 5.91 Å². The lowest BCUT2D eigenvalue weighted by Crippen LogP contribution is -2.35. The summed E-state index contributed by atoms with van der Waals surface area (Å²) in [5.74, 6) is -0.365. The molecule has 27 heavy (non-hydrogen) atoms. The first-order valence-corrected chi connectivity index (χ1v) is 9.61. The quantitative estimate of drug-likeness (QED) is 0.774. The van der Waals surface area contributed by atoms with E-state index in [9.17, 15) is 14.4 Å². The van der Waals surface area contributed by atoms with E-state index in [0.29, 0.717) is 30.0 Å². The maximum atomic E-state index is 12.4. The zero-order chi connectivity index (χ0) is 19.2. The molecule has 7 heteroatoms. The van der Waals surface area contributed by atoms with Crippen LogP contribution in [-0.2, 0) is 20.9 Å². The molecule has 0 fully saturated rings. The summed E-state index contributed by atoms with van der Waals surface area (Å²) in [5, 5.41) is 5.53. The molecule has 140 valence electrons. The van der Waals surface area contributed by atoms with Crippen molar-refractivity contribution < 1.29 is 19.1 Å². The zero-order valence-electron chi connectivity index (χ0n) is 14.9. The van der Waals surface area contributed by atoms with Gasteiger partial charge in [-0.2, -0.15) is 0 Å². The number of fused-ring (bicyclic) bond motifs is 1. The highest BCUT2D eigenvalue weighted by Crippen LogP contribution is 2.31. The molecule has 1 atom stereocenters. The molecule has 3 rings (SSSR count).